The van der Waals surface area contributed by atoms with Crippen molar-refractivity contribution in [2.75, 3.05) is 7.05 Å². The Kier molecular flexibility index (Phi) is 5.99. The van der Waals surface area contributed by atoms with Crippen LogP contribution in [0.2, 0.25) is 0 Å². The van der Waals surface area contributed by atoms with E-state index in [0.717, 1.165) is 22.6 Å². The number of aromatic nitrogens is 2. The summed E-state index contributed by atoms with van der Waals surface area (Å²) in [6.45, 7) is 4.36. The summed E-state index contributed by atoms with van der Waals surface area (Å²) >= 11 is 0. The Morgan fingerprint density at radius 2 is 1.38 bits per heavy atom. The Labute approximate surface area is 187 Å². The second kappa shape index (κ2) is 9.02. The molecule has 1 aromatic heterocycles. The summed E-state index contributed by atoms with van der Waals surface area (Å²) in [5.74, 6) is -0.358. The van der Waals surface area contributed by atoms with E-state index in [4.69, 9.17) is 0 Å². The monoisotopic (exact) mass is 423 g/mol. The van der Waals surface area contributed by atoms with E-state index >= 15 is 0 Å². The molecule has 0 radical (unpaired) electrons. The van der Waals surface area contributed by atoms with Gasteiger partial charge >= 0.3 is 0 Å². The quantitative estimate of drug-likeness (QED) is 0.411. The molecule has 0 fully saturated rings. The molecule has 5 heteroatoms. The van der Waals surface area contributed by atoms with Crippen LogP contribution in [0.4, 0.5) is 0 Å². The maximum atomic E-state index is 13.4. The van der Waals surface area contributed by atoms with Crippen molar-refractivity contribution < 1.29 is 9.59 Å². The number of hydrogen-bond donors (Lipinski definition) is 0. The fourth-order valence-electron chi connectivity index (χ4n) is 3.85. The molecule has 0 atom stereocenters. The largest absolute Gasteiger partial charge is 0.337 e. The van der Waals surface area contributed by atoms with E-state index in [1.54, 1.807) is 48.3 Å². The summed E-state index contributed by atoms with van der Waals surface area (Å²) in [6.07, 6.45) is 0. The second-order valence-electron chi connectivity index (χ2n) is 7.80. The maximum absolute atomic E-state index is 13.4. The predicted molar refractivity (Wildman–Crippen MR) is 125 cm³/mol. The lowest BCUT2D eigenvalue weighted by atomic mass is 9.97. The number of rotatable bonds is 6. The van der Waals surface area contributed by atoms with Gasteiger partial charge in [-0.3, -0.25) is 9.59 Å². The topological polar surface area (TPSA) is 55.2 Å². The summed E-state index contributed by atoms with van der Waals surface area (Å²) in [7, 11) is 1.75. The number of benzene rings is 3. The molecule has 0 bridgehead atoms. The third-order valence-corrected chi connectivity index (χ3v) is 5.62. The molecule has 0 saturated heterocycles. The Morgan fingerprint density at radius 3 is 2.03 bits per heavy atom. The standard InChI is InChI=1S/C27H25N3O2/c1-19-25(20(2)30(28-19)22-14-8-5-9-15-22)18-29(3)27(32)24-17-11-10-16-23(24)26(31)21-12-6-4-7-13-21/h4-17H,18H2,1-3H3. The molecule has 1 heterocycles. The van der Waals surface area contributed by atoms with Gasteiger partial charge in [-0.25, -0.2) is 4.68 Å². The van der Waals surface area contributed by atoms with E-state index in [0.29, 0.717) is 23.2 Å². The molecule has 0 aliphatic carbocycles. The van der Waals surface area contributed by atoms with Gasteiger partial charge in [-0.05, 0) is 32.0 Å². The lowest BCUT2D eigenvalue weighted by molar-refractivity contribution is 0.0780. The number of hydrogen-bond acceptors (Lipinski definition) is 3. The van der Waals surface area contributed by atoms with Crippen LogP contribution in [0.25, 0.3) is 5.69 Å². The van der Waals surface area contributed by atoms with Crippen molar-refractivity contribution in [3.8, 4) is 5.69 Å². The highest BCUT2D eigenvalue weighted by Crippen LogP contribution is 2.21. The fraction of sp³-hybridized carbons (Fsp3) is 0.148. The molecule has 0 N–H and O–H groups in total. The Bertz CT molecular complexity index is 1260. The van der Waals surface area contributed by atoms with Crippen LogP contribution in [0.1, 0.15) is 43.2 Å². The molecular weight excluding hydrogens is 398 g/mol. The number of aryl methyl sites for hydroxylation is 1. The van der Waals surface area contributed by atoms with Gasteiger partial charge in [0.2, 0.25) is 0 Å². The minimum absolute atomic E-state index is 0.160. The average molecular weight is 424 g/mol. The molecule has 1 amide bonds. The highest BCUT2D eigenvalue weighted by Gasteiger charge is 2.22. The van der Waals surface area contributed by atoms with Gasteiger partial charge in [-0.2, -0.15) is 5.10 Å². The van der Waals surface area contributed by atoms with Gasteiger partial charge in [-0.15, -0.1) is 0 Å². The summed E-state index contributed by atoms with van der Waals surface area (Å²) in [5.41, 5.74) is 5.20. The van der Waals surface area contributed by atoms with E-state index in [9.17, 15) is 9.59 Å². The zero-order valence-electron chi connectivity index (χ0n) is 18.4. The van der Waals surface area contributed by atoms with E-state index < -0.39 is 0 Å². The van der Waals surface area contributed by atoms with Gasteiger partial charge in [-0.1, -0.05) is 66.7 Å². The molecular formula is C27H25N3O2. The molecule has 3 aromatic carbocycles. The molecule has 0 saturated carbocycles. The van der Waals surface area contributed by atoms with Crippen molar-refractivity contribution in [1.29, 1.82) is 0 Å². The highest BCUT2D eigenvalue weighted by atomic mass is 16.2. The number of para-hydroxylation sites is 1. The summed E-state index contributed by atoms with van der Waals surface area (Å²) in [6, 6.07) is 25.9. The van der Waals surface area contributed by atoms with Crippen molar-refractivity contribution in [3.63, 3.8) is 0 Å². The van der Waals surface area contributed by atoms with E-state index in [1.807, 2.05) is 67.1 Å². The van der Waals surface area contributed by atoms with E-state index in [2.05, 4.69) is 5.10 Å². The van der Waals surface area contributed by atoms with Crippen LogP contribution in [-0.4, -0.2) is 33.4 Å². The van der Waals surface area contributed by atoms with Crippen LogP contribution in [0, 0.1) is 13.8 Å². The fourth-order valence-corrected chi connectivity index (χ4v) is 3.85. The zero-order valence-corrected chi connectivity index (χ0v) is 18.4. The molecule has 4 rings (SSSR count). The molecule has 4 aromatic rings. The second-order valence-corrected chi connectivity index (χ2v) is 7.80. The Hall–Kier alpha value is -3.99. The smallest absolute Gasteiger partial charge is 0.254 e. The molecule has 5 nitrogen and oxygen atoms in total. The minimum Gasteiger partial charge on any atom is -0.337 e. The van der Waals surface area contributed by atoms with Crippen LogP contribution in [0.5, 0.6) is 0 Å². The van der Waals surface area contributed by atoms with Crippen molar-refractivity contribution in [1.82, 2.24) is 14.7 Å². The van der Waals surface area contributed by atoms with Crippen molar-refractivity contribution >= 4 is 11.7 Å². The van der Waals surface area contributed by atoms with E-state index in [-0.39, 0.29) is 11.7 Å². The highest BCUT2D eigenvalue weighted by molar-refractivity contribution is 6.15. The van der Waals surface area contributed by atoms with Crippen LogP contribution in [0.15, 0.2) is 84.9 Å². The molecule has 0 aliphatic rings. The molecule has 32 heavy (non-hydrogen) atoms. The van der Waals surface area contributed by atoms with Crippen molar-refractivity contribution in [3.05, 3.63) is 119 Å². The normalized spacial score (nSPS) is 10.7. The third-order valence-electron chi connectivity index (χ3n) is 5.62. The Morgan fingerprint density at radius 1 is 0.812 bits per heavy atom. The average Bonchev–Trinajstić information content (AvgIpc) is 3.12. The first-order chi connectivity index (χ1) is 15.5. The number of carbonyl (C=O) groups excluding carboxylic acids is 2. The number of ketones is 1. The number of amides is 1. The lowest BCUT2D eigenvalue weighted by Crippen LogP contribution is -2.28. The molecule has 0 unspecified atom stereocenters. The van der Waals surface area contributed by atoms with Crippen LogP contribution in [0.3, 0.4) is 0 Å². The zero-order chi connectivity index (χ0) is 22.7. The van der Waals surface area contributed by atoms with Crippen LogP contribution < -0.4 is 0 Å². The molecule has 0 spiro atoms. The lowest BCUT2D eigenvalue weighted by Gasteiger charge is -2.19. The third kappa shape index (κ3) is 4.10. The number of carbonyl (C=O) groups is 2. The first-order valence-electron chi connectivity index (χ1n) is 10.5. The van der Waals surface area contributed by atoms with Crippen molar-refractivity contribution in [2.24, 2.45) is 0 Å². The maximum Gasteiger partial charge on any atom is 0.254 e. The van der Waals surface area contributed by atoms with Gasteiger partial charge < -0.3 is 4.90 Å². The number of nitrogens with zero attached hydrogens (tertiary/aromatic N) is 3. The SMILES string of the molecule is Cc1nn(-c2ccccc2)c(C)c1CN(C)C(=O)c1ccccc1C(=O)c1ccccc1. The van der Waals surface area contributed by atoms with Gasteiger partial charge in [0.05, 0.1) is 16.9 Å². The van der Waals surface area contributed by atoms with Crippen LogP contribution >= 0.6 is 0 Å². The minimum atomic E-state index is -0.198. The van der Waals surface area contributed by atoms with Gasteiger partial charge in [0, 0.05) is 36.0 Å². The van der Waals surface area contributed by atoms with Gasteiger partial charge in [0.25, 0.3) is 5.91 Å². The summed E-state index contributed by atoms with van der Waals surface area (Å²) < 4.78 is 1.90. The van der Waals surface area contributed by atoms with Crippen LogP contribution in [-0.2, 0) is 6.54 Å². The van der Waals surface area contributed by atoms with E-state index in [1.165, 1.54) is 0 Å². The molecule has 0 aliphatic heterocycles. The first-order valence-corrected chi connectivity index (χ1v) is 10.5. The first kappa shape index (κ1) is 21.2. The van der Waals surface area contributed by atoms with Crippen molar-refractivity contribution in [2.45, 2.75) is 20.4 Å². The molecule has 160 valence electrons. The van der Waals surface area contributed by atoms with Gasteiger partial charge in [0.15, 0.2) is 5.78 Å². The predicted octanol–water partition coefficient (Wildman–Crippen LogP) is 4.99. The van der Waals surface area contributed by atoms with Gasteiger partial charge in [0.1, 0.15) is 0 Å². The summed E-state index contributed by atoms with van der Waals surface area (Å²) in [4.78, 5) is 28.0. The Balaban J connectivity index is 1.61. The summed E-state index contributed by atoms with van der Waals surface area (Å²) in [5, 5.41) is 4.68.